The normalized spacial score (nSPS) is 10.8. The fourth-order valence-electron chi connectivity index (χ4n) is 2.13. The van der Waals surface area contributed by atoms with Gasteiger partial charge in [-0.2, -0.15) is 12.6 Å². The Kier molecular flexibility index (Phi) is 8.68. The van der Waals surface area contributed by atoms with Gasteiger partial charge in [0, 0.05) is 12.7 Å². The van der Waals surface area contributed by atoms with Crippen LogP contribution >= 0.6 is 28.6 Å². The molecule has 7 heteroatoms. The van der Waals surface area contributed by atoms with Crippen molar-refractivity contribution in [3.63, 3.8) is 0 Å². The molecule has 0 aromatic carbocycles. The second-order valence-corrected chi connectivity index (χ2v) is 6.32. The van der Waals surface area contributed by atoms with Gasteiger partial charge in [-0.15, -0.1) is 0 Å². The number of nitro groups is 1. The molecule has 0 saturated heterocycles. The lowest BCUT2D eigenvalue weighted by atomic mass is 10.1. The van der Waals surface area contributed by atoms with Crippen molar-refractivity contribution >= 4 is 34.2 Å². The predicted molar refractivity (Wildman–Crippen MR) is 91.2 cm³/mol. The Morgan fingerprint density at radius 2 is 1.67 bits per heavy atom. The van der Waals surface area contributed by atoms with Gasteiger partial charge >= 0.3 is 5.69 Å². The quantitative estimate of drug-likeness (QED) is 0.288. The van der Waals surface area contributed by atoms with E-state index in [9.17, 15) is 14.9 Å². The Balaban J connectivity index is 2.36. The van der Waals surface area contributed by atoms with Crippen LogP contribution in [0.3, 0.4) is 0 Å². The Hall–Kier alpha value is -0.820. The van der Waals surface area contributed by atoms with Gasteiger partial charge in [0.1, 0.15) is 0 Å². The first kappa shape index (κ1) is 18.2. The number of thiol groups is 1. The zero-order valence-electron chi connectivity index (χ0n) is 12.0. The molecule has 1 heterocycles. The van der Waals surface area contributed by atoms with Crippen LogP contribution in [0.1, 0.15) is 44.9 Å². The van der Waals surface area contributed by atoms with E-state index in [4.69, 9.17) is 0 Å². The van der Waals surface area contributed by atoms with E-state index < -0.39 is 10.4 Å². The monoisotopic (exact) mass is 376 g/mol. The van der Waals surface area contributed by atoms with Gasteiger partial charge in [0.15, 0.2) is 0 Å². The highest BCUT2D eigenvalue weighted by molar-refractivity contribution is 9.10. The van der Waals surface area contributed by atoms with Crippen molar-refractivity contribution in [1.29, 1.82) is 0 Å². The zero-order chi connectivity index (χ0) is 15.7. The van der Waals surface area contributed by atoms with Crippen LogP contribution in [0.4, 0.5) is 5.69 Å². The molecule has 0 atom stereocenters. The van der Waals surface area contributed by atoms with Gasteiger partial charge in [0.25, 0.3) is 5.43 Å². The number of hydrogen-bond donors (Lipinski definition) is 1. The van der Waals surface area contributed by atoms with Crippen LogP contribution in [0.15, 0.2) is 21.7 Å². The summed E-state index contributed by atoms with van der Waals surface area (Å²) in [5.41, 5.74) is -0.948. The molecule has 0 fully saturated rings. The first-order chi connectivity index (χ1) is 10.1. The molecule has 1 aromatic rings. The van der Waals surface area contributed by atoms with Crippen molar-refractivity contribution in [2.75, 3.05) is 5.75 Å². The highest BCUT2D eigenvalue weighted by Crippen LogP contribution is 2.13. The molecule has 0 spiro atoms. The van der Waals surface area contributed by atoms with E-state index >= 15 is 0 Å². The molecule has 0 bridgehead atoms. The molecule has 0 saturated carbocycles. The van der Waals surface area contributed by atoms with E-state index in [2.05, 4.69) is 28.6 Å². The first-order valence-electron chi connectivity index (χ1n) is 7.21. The lowest BCUT2D eigenvalue weighted by Gasteiger charge is -2.07. The first-order valence-corrected chi connectivity index (χ1v) is 8.63. The summed E-state index contributed by atoms with van der Waals surface area (Å²) >= 11 is 7.26. The lowest BCUT2D eigenvalue weighted by molar-refractivity contribution is -0.386. The summed E-state index contributed by atoms with van der Waals surface area (Å²) in [7, 11) is 0. The summed E-state index contributed by atoms with van der Waals surface area (Å²) in [5.74, 6) is 0.958. The van der Waals surface area contributed by atoms with Gasteiger partial charge in [0.2, 0.25) is 0 Å². The largest absolute Gasteiger partial charge is 0.347 e. The van der Waals surface area contributed by atoms with Crippen LogP contribution in [-0.4, -0.2) is 15.2 Å². The third-order valence-electron chi connectivity index (χ3n) is 3.29. The highest BCUT2D eigenvalue weighted by atomic mass is 79.9. The van der Waals surface area contributed by atoms with E-state index in [1.54, 1.807) is 10.8 Å². The molecule has 21 heavy (non-hydrogen) atoms. The van der Waals surface area contributed by atoms with Crippen molar-refractivity contribution in [2.45, 2.75) is 51.5 Å². The Bertz CT molecular complexity index is 519. The van der Waals surface area contributed by atoms with Crippen LogP contribution in [0, 0.1) is 10.1 Å². The fourth-order valence-corrected chi connectivity index (χ4v) is 2.82. The average molecular weight is 377 g/mol. The fraction of sp³-hybridized carbons (Fsp3) is 0.643. The maximum absolute atomic E-state index is 11.6. The Morgan fingerprint density at radius 3 is 2.24 bits per heavy atom. The minimum Gasteiger partial charge on any atom is -0.347 e. The zero-order valence-corrected chi connectivity index (χ0v) is 14.4. The van der Waals surface area contributed by atoms with Crippen LogP contribution in [0.25, 0.3) is 0 Å². The van der Waals surface area contributed by atoms with Crippen molar-refractivity contribution in [3.05, 3.63) is 37.2 Å². The molecule has 0 radical (unpaired) electrons. The summed E-state index contributed by atoms with van der Waals surface area (Å²) in [6.45, 7) is 0.691. The van der Waals surface area contributed by atoms with Crippen molar-refractivity contribution in [2.24, 2.45) is 0 Å². The molecule has 0 aliphatic rings. The molecule has 0 amide bonds. The van der Waals surface area contributed by atoms with Gasteiger partial charge < -0.3 is 4.57 Å². The minimum atomic E-state index is -0.634. The van der Waals surface area contributed by atoms with E-state index in [0.717, 1.165) is 18.6 Å². The van der Waals surface area contributed by atoms with Crippen molar-refractivity contribution in [3.8, 4) is 0 Å². The number of unbranched alkanes of at least 4 members (excludes halogenated alkanes) is 6. The Labute approximate surface area is 138 Å². The van der Waals surface area contributed by atoms with Crippen LogP contribution in [0.2, 0.25) is 0 Å². The number of aromatic nitrogens is 1. The summed E-state index contributed by atoms with van der Waals surface area (Å²) < 4.78 is 1.95. The third-order valence-corrected chi connectivity index (χ3v) is 4.17. The SMILES string of the molecule is O=c1c(Br)cn(CCCCCCCCCS)cc1[N+](=O)[O-]. The molecule has 5 nitrogen and oxygen atoms in total. The number of halogens is 1. The summed E-state index contributed by atoms with van der Waals surface area (Å²) in [5, 5.41) is 10.8. The topological polar surface area (TPSA) is 65.1 Å². The highest BCUT2D eigenvalue weighted by Gasteiger charge is 2.15. The predicted octanol–water partition coefficient (Wildman–Crippen LogP) is 4.18. The summed E-state index contributed by atoms with van der Waals surface area (Å²) in [6, 6.07) is 0. The number of nitrogens with zero attached hydrogens (tertiary/aromatic N) is 2. The van der Waals surface area contributed by atoms with Crippen LogP contribution in [-0.2, 0) is 6.54 Å². The second-order valence-electron chi connectivity index (χ2n) is 5.01. The maximum atomic E-state index is 11.6. The van der Waals surface area contributed by atoms with Gasteiger partial charge in [-0.05, 0) is 34.5 Å². The van der Waals surface area contributed by atoms with Gasteiger partial charge in [0.05, 0.1) is 15.6 Å². The third kappa shape index (κ3) is 6.65. The van der Waals surface area contributed by atoms with Gasteiger partial charge in [-0.25, -0.2) is 0 Å². The smallest absolute Gasteiger partial charge is 0.333 e. The number of hydrogen-bond acceptors (Lipinski definition) is 4. The van der Waals surface area contributed by atoms with E-state index in [1.165, 1.54) is 38.3 Å². The van der Waals surface area contributed by atoms with Gasteiger partial charge in [-0.3, -0.25) is 14.9 Å². The Morgan fingerprint density at radius 1 is 1.10 bits per heavy atom. The van der Waals surface area contributed by atoms with E-state index in [1.807, 2.05) is 0 Å². The van der Waals surface area contributed by atoms with Gasteiger partial charge in [-0.1, -0.05) is 32.1 Å². The molecule has 0 aliphatic carbocycles. The molecular formula is C14H21BrN2O3S. The summed E-state index contributed by atoms with van der Waals surface area (Å²) in [4.78, 5) is 21.7. The van der Waals surface area contributed by atoms with E-state index in [0.29, 0.717) is 6.54 Å². The molecule has 0 unspecified atom stereocenters. The van der Waals surface area contributed by atoms with Crippen LogP contribution < -0.4 is 5.43 Å². The average Bonchev–Trinajstić information content (AvgIpc) is 2.45. The van der Waals surface area contributed by atoms with E-state index in [-0.39, 0.29) is 10.2 Å². The number of rotatable bonds is 10. The standard InChI is InChI=1S/C14H21BrN2O3S/c15-12-10-16(11-13(14(12)18)17(19)20)8-6-4-2-1-3-5-7-9-21/h10-11,21H,1-9H2. The molecule has 1 aromatic heterocycles. The minimum absolute atomic E-state index is 0.239. The second kappa shape index (κ2) is 10.00. The maximum Gasteiger partial charge on any atom is 0.333 e. The molecule has 1 rings (SSSR count). The van der Waals surface area contributed by atoms with Crippen molar-refractivity contribution < 1.29 is 4.92 Å². The molecular weight excluding hydrogens is 356 g/mol. The molecule has 0 aliphatic heterocycles. The van der Waals surface area contributed by atoms with Crippen molar-refractivity contribution in [1.82, 2.24) is 4.57 Å². The summed E-state index contributed by atoms with van der Waals surface area (Å²) in [6.07, 6.45) is 11.0. The number of pyridine rings is 1. The molecule has 118 valence electrons. The van der Waals surface area contributed by atoms with Crippen LogP contribution in [0.5, 0.6) is 0 Å². The molecule has 0 N–H and O–H groups in total. The number of aryl methyl sites for hydroxylation is 1. The lowest BCUT2D eigenvalue weighted by Crippen LogP contribution is -2.13.